The highest BCUT2D eigenvalue weighted by Gasteiger charge is 2.36. The molecule has 3 atom stereocenters. The predicted octanol–water partition coefficient (Wildman–Crippen LogP) is -0.926. The monoisotopic (exact) mass is 436 g/mol. The minimum absolute atomic E-state index is 0.0211. The summed E-state index contributed by atoms with van der Waals surface area (Å²) in [5, 5.41) is 21.4. The van der Waals surface area contributed by atoms with Crippen LogP contribution < -0.4 is 10.2 Å². The van der Waals surface area contributed by atoms with Crippen molar-refractivity contribution in [1.29, 1.82) is 0 Å². The van der Waals surface area contributed by atoms with E-state index in [1.54, 1.807) is 12.4 Å². The van der Waals surface area contributed by atoms with Gasteiger partial charge in [0.05, 0.1) is 18.8 Å². The lowest BCUT2D eigenvalue weighted by Gasteiger charge is -2.36. The van der Waals surface area contributed by atoms with Crippen molar-refractivity contribution in [2.75, 3.05) is 57.3 Å². The van der Waals surface area contributed by atoms with Crippen LogP contribution in [0.1, 0.15) is 6.42 Å². The van der Waals surface area contributed by atoms with Gasteiger partial charge in [-0.15, -0.1) is 0 Å². The molecule has 3 heterocycles. The molecule has 11 nitrogen and oxygen atoms in total. The second-order valence-electron chi connectivity index (χ2n) is 7.56. The van der Waals surface area contributed by atoms with Crippen LogP contribution in [0.25, 0.3) is 0 Å². The van der Waals surface area contributed by atoms with Gasteiger partial charge in [0.2, 0.25) is 6.10 Å². The number of aliphatic carboxylic acids is 2. The topological polar surface area (TPSA) is 142 Å². The Balaban J connectivity index is 1.53. The van der Waals surface area contributed by atoms with Gasteiger partial charge in [-0.25, -0.2) is 9.59 Å². The molecule has 3 N–H and O–H groups in total. The van der Waals surface area contributed by atoms with Crippen LogP contribution in [0, 0.1) is 0 Å². The van der Waals surface area contributed by atoms with Crippen molar-refractivity contribution < 1.29 is 34.1 Å². The number of nitrogens with one attached hydrogen (secondary N) is 1. The van der Waals surface area contributed by atoms with Crippen molar-refractivity contribution in [2.24, 2.45) is 0 Å². The van der Waals surface area contributed by atoms with Crippen molar-refractivity contribution in [3.8, 4) is 0 Å². The molecular weight excluding hydrogens is 408 g/mol. The van der Waals surface area contributed by atoms with E-state index in [0.717, 1.165) is 18.8 Å². The molecule has 0 radical (unpaired) electrons. The molecule has 2 fully saturated rings. The lowest BCUT2D eigenvalue weighted by atomic mass is 10.1. The number of carbonyl (C=O) groups is 3. The Morgan fingerprint density at radius 3 is 2.48 bits per heavy atom. The van der Waals surface area contributed by atoms with Crippen LogP contribution in [0.15, 0.2) is 24.5 Å². The zero-order valence-corrected chi connectivity index (χ0v) is 17.2. The molecule has 3 unspecified atom stereocenters. The molecule has 2 aliphatic rings. The summed E-state index contributed by atoms with van der Waals surface area (Å²) in [5.74, 6) is -3.00. The highest BCUT2D eigenvalue weighted by molar-refractivity contribution is 6.02. The van der Waals surface area contributed by atoms with Crippen LogP contribution in [0.5, 0.6) is 0 Å². The van der Waals surface area contributed by atoms with Gasteiger partial charge in [0, 0.05) is 50.8 Å². The largest absolute Gasteiger partial charge is 0.480 e. The third kappa shape index (κ3) is 6.69. The number of piperidine rings is 1. The standard InChI is InChI=1S/C20H28N4O7/c25-15(12-23-7-9-24(10-8-23)14-1-4-21-5-2-14)19(20(28)29)31-16-3-6-22-11-17(16)30-13-18(26)27/h1-2,4-5,16-17,19,22H,3,6-13H2,(H,26,27)(H,28,29). The number of ketones is 1. The number of piperazine rings is 1. The van der Waals surface area contributed by atoms with Crippen molar-refractivity contribution >= 4 is 23.4 Å². The summed E-state index contributed by atoms with van der Waals surface area (Å²) in [7, 11) is 0. The maximum atomic E-state index is 12.7. The summed E-state index contributed by atoms with van der Waals surface area (Å²) in [5.41, 5.74) is 1.06. The predicted molar refractivity (Wildman–Crippen MR) is 109 cm³/mol. The van der Waals surface area contributed by atoms with Crippen LogP contribution in [-0.2, 0) is 23.9 Å². The second-order valence-corrected chi connectivity index (χ2v) is 7.56. The molecule has 0 aliphatic carbocycles. The fourth-order valence-corrected chi connectivity index (χ4v) is 3.78. The third-order valence-electron chi connectivity index (χ3n) is 5.39. The van der Waals surface area contributed by atoms with Gasteiger partial charge < -0.3 is 29.9 Å². The number of Topliss-reactive ketones (excluding diaryl/α,β-unsaturated/α-hetero) is 1. The zero-order chi connectivity index (χ0) is 22.2. The molecule has 0 aromatic carbocycles. The first-order valence-electron chi connectivity index (χ1n) is 10.3. The van der Waals surface area contributed by atoms with E-state index in [1.807, 2.05) is 17.0 Å². The molecule has 0 spiro atoms. The lowest BCUT2D eigenvalue weighted by Crippen LogP contribution is -2.53. The second kappa shape index (κ2) is 11.1. The van der Waals surface area contributed by atoms with Crippen molar-refractivity contribution in [3.05, 3.63) is 24.5 Å². The van der Waals surface area contributed by atoms with Crippen LogP contribution >= 0.6 is 0 Å². The molecule has 1 aromatic heterocycles. The van der Waals surface area contributed by atoms with Crippen LogP contribution in [-0.4, -0.2) is 109 Å². The van der Waals surface area contributed by atoms with Gasteiger partial charge in [-0.2, -0.15) is 0 Å². The van der Waals surface area contributed by atoms with E-state index < -0.39 is 42.6 Å². The maximum absolute atomic E-state index is 12.7. The molecule has 0 saturated carbocycles. The Bertz CT molecular complexity index is 755. The Morgan fingerprint density at radius 2 is 1.84 bits per heavy atom. The first kappa shape index (κ1) is 23.1. The quantitative estimate of drug-likeness (QED) is 0.392. The molecule has 3 rings (SSSR count). The van der Waals surface area contributed by atoms with Gasteiger partial charge in [-0.1, -0.05) is 0 Å². The summed E-state index contributed by atoms with van der Waals surface area (Å²) in [6, 6.07) is 3.86. The number of rotatable bonds is 10. The molecule has 2 saturated heterocycles. The summed E-state index contributed by atoms with van der Waals surface area (Å²) in [4.78, 5) is 43.4. The van der Waals surface area contributed by atoms with Crippen molar-refractivity contribution in [2.45, 2.75) is 24.7 Å². The number of hydrogen-bond acceptors (Lipinski definition) is 9. The lowest BCUT2D eigenvalue weighted by molar-refractivity contribution is -0.173. The normalized spacial score (nSPS) is 23.3. The van der Waals surface area contributed by atoms with E-state index >= 15 is 0 Å². The Hall–Kier alpha value is -2.60. The average molecular weight is 436 g/mol. The van der Waals surface area contributed by atoms with Gasteiger partial charge in [0.25, 0.3) is 0 Å². The summed E-state index contributed by atoms with van der Waals surface area (Å²) < 4.78 is 11.0. The van der Waals surface area contributed by atoms with E-state index in [4.69, 9.17) is 14.6 Å². The number of aromatic nitrogens is 1. The number of hydrogen-bond donors (Lipinski definition) is 3. The Morgan fingerprint density at radius 1 is 1.13 bits per heavy atom. The van der Waals surface area contributed by atoms with E-state index in [-0.39, 0.29) is 6.54 Å². The molecule has 11 heteroatoms. The van der Waals surface area contributed by atoms with Crippen molar-refractivity contribution in [1.82, 2.24) is 15.2 Å². The maximum Gasteiger partial charge on any atom is 0.340 e. The number of carboxylic acids is 2. The van der Waals surface area contributed by atoms with Crippen LogP contribution in [0.4, 0.5) is 5.69 Å². The molecule has 0 amide bonds. The highest BCUT2D eigenvalue weighted by Crippen LogP contribution is 2.17. The smallest absolute Gasteiger partial charge is 0.340 e. The van der Waals surface area contributed by atoms with E-state index in [2.05, 4.69) is 15.2 Å². The molecular formula is C20H28N4O7. The summed E-state index contributed by atoms with van der Waals surface area (Å²) in [6.45, 7) is 3.04. The molecule has 170 valence electrons. The number of pyridine rings is 1. The fraction of sp³-hybridized carbons (Fsp3) is 0.600. The van der Waals surface area contributed by atoms with E-state index in [0.29, 0.717) is 32.6 Å². The first-order valence-corrected chi connectivity index (χ1v) is 10.3. The minimum atomic E-state index is -1.61. The van der Waals surface area contributed by atoms with Gasteiger partial charge in [0.1, 0.15) is 6.61 Å². The van der Waals surface area contributed by atoms with Gasteiger partial charge in [-0.05, 0) is 25.1 Å². The fourth-order valence-electron chi connectivity index (χ4n) is 3.78. The minimum Gasteiger partial charge on any atom is -0.480 e. The molecule has 0 bridgehead atoms. The van der Waals surface area contributed by atoms with Crippen LogP contribution in [0.2, 0.25) is 0 Å². The number of carboxylic acid groups (broad SMARTS) is 2. The number of nitrogens with zero attached hydrogens (tertiary/aromatic N) is 3. The van der Waals surface area contributed by atoms with E-state index in [9.17, 15) is 19.5 Å². The Labute approximate surface area is 179 Å². The SMILES string of the molecule is O=C(O)COC1CNCCC1OC(C(=O)O)C(=O)CN1CCN(c2ccncc2)CC1. The van der Waals surface area contributed by atoms with Gasteiger partial charge >= 0.3 is 11.9 Å². The van der Waals surface area contributed by atoms with Crippen molar-refractivity contribution in [3.63, 3.8) is 0 Å². The van der Waals surface area contributed by atoms with Gasteiger partial charge in [0.15, 0.2) is 5.78 Å². The average Bonchev–Trinajstić information content (AvgIpc) is 2.77. The highest BCUT2D eigenvalue weighted by atomic mass is 16.6. The molecule has 31 heavy (non-hydrogen) atoms. The summed E-state index contributed by atoms with van der Waals surface area (Å²) in [6.07, 6.45) is 0.962. The summed E-state index contributed by atoms with van der Waals surface area (Å²) >= 11 is 0. The van der Waals surface area contributed by atoms with Gasteiger partial charge in [-0.3, -0.25) is 14.7 Å². The molecule has 2 aliphatic heterocycles. The molecule has 1 aromatic rings. The number of anilines is 1. The third-order valence-corrected chi connectivity index (χ3v) is 5.39. The number of ether oxygens (including phenoxy) is 2. The number of carbonyl (C=O) groups excluding carboxylic acids is 1. The first-order chi connectivity index (χ1) is 14.9. The van der Waals surface area contributed by atoms with Crippen LogP contribution in [0.3, 0.4) is 0 Å². The van der Waals surface area contributed by atoms with E-state index in [1.165, 1.54) is 0 Å². The zero-order valence-electron chi connectivity index (χ0n) is 17.2. The Kier molecular flexibility index (Phi) is 8.29.